The lowest BCUT2D eigenvalue weighted by Gasteiger charge is -2.14. The van der Waals surface area contributed by atoms with Crippen LogP contribution in [0.4, 0.5) is 5.69 Å². The van der Waals surface area contributed by atoms with Crippen LogP contribution in [-0.4, -0.2) is 27.2 Å². The van der Waals surface area contributed by atoms with Gasteiger partial charge in [-0.25, -0.2) is 0 Å². The minimum atomic E-state index is -0.203. The van der Waals surface area contributed by atoms with Crippen molar-refractivity contribution >= 4 is 23.2 Å². The van der Waals surface area contributed by atoms with Crippen LogP contribution in [0, 0.1) is 0 Å². The van der Waals surface area contributed by atoms with E-state index in [0.29, 0.717) is 22.9 Å². The van der Waals surface area contributed by atoms with Crippen molar-refractivity contribution in [2.45, 2.75) is 12.3 Å². The van der Waals surface area contributed by atoms with Crippen LogP contribution in [0.2, 0.25) is 5.02 Å². The Balaban J connectivity index is 1.97. The summed E-state index contributed by atoms with van der Waals surface area (Å²) in [5.74, 6) is 0.970. The molecular formula is C18H18ClNO3. The molecule has 1 amide bonds. The standard InChI is InChI=1S/C18H18ClNO3/c1-20-15-7-5-4-6-12(15)13(18(20)21)8-11-9-14(19)17(23-3)16(10-11)22-2/h4-7,9-10,13H,8H2,1-3H3/t13-/m1/s1. The van der Waals surface area contributed by atoms with Gasteiger partial charge in [0.2, 0.25) is 5.91 Å². The molecule has 120 valence electrons. The number of hydrogen-bond donors (Lipinski definition) is 0. The van der Waals surface area contributed by atoms with E-state index in [1.54, 1.807) is 19.1 Å². The topological polar surface area (TPSA) is 38.8 Å². The van der Waals surface area contributed by atoms with Gasteiger partial charge in [0.1, 0.15) is 0 Å². The number of likely N-dealkylation sites (N-methyl/N-ethyl adjacent to an activating group) is 1. The Hall–Kier alpha value is -2.20. The maximum atomic E-state index is 12.6. The van der Waals surface area contributed by atoms with Crippen LogP contribution in [0.15, 0.2) is 36.4 Å². The Morgan fingerprint density at radius 2 is 1.91 bits per heavy atom. The number of para-hydroxylation sites is 1. The first-order valence-corrected chi connectivity index (χ1v) is 7.71. The van der Waals surface area contributed by atoms with Crippen molar-refractivity contribution < 1.29 is 14.3 Å². The third-order valence-electron chi connectivity index (χ3n) is 4.24. The van der Waals surface area contributed by atoms with Gasteiger partial charge in [-0.1, -0.05) is 29.8 Å². The Labute approximate surface area is 140 Å². The number of ether oxygens (including phenoxy) is 2. The summed E-state index contributed by atoms with van der Waals surface area (Å²) in [6.07, 6.45) is 0.570. The first-order chi connectivity index (χ1) is 11.1. The van der Waals surface area contributed by atoms with Crippen LogP contribution in [-0.2, 0) is 11.2 Å². The van der Waals surface area contributed by atoms with E-state index in [1.165, 1.54) is 0 Å². The van der Waals surface area contributed by atoms with Crippen molar-refractivity contribution in [1.82, 2.24) is 0 Å². The van der Waals surface area contributed by atoms with E-state index in [0.717, 1.165) is 16.8 Å². The van der Waals surface area contributed by atoms with Gasteiger partial charge in [0.05, 0.1) is 25.2 Å². The second-order valence-corrected chi connectivity index (χ2v) is 5.93. The molecule has 2 aromatic carbocycles. The fourth-order valence-electron chi connectivity index (χ4n) is 3.10. The molecule has 3 rings (SSSR count). The van der Waals surface area contributed by atoms with Crippen molar-refractivity contribution in [3.63, 3.8) is 0 Å². The number of carbonyl (C=O) groups is 1. The number of rotatable bonds is 4. The number of fused-ring (bicyclic) bond motifs is 1. The molecule has 2 aromatic rings. The monoisotopic (exact) mass is 331 g/mol. The molecule has 1 aliphatic heterocycles. The summed E-state index contributed by atoms with van der Waals surface area (Å²) >= 11 is 6.26. The van der Waals surface area contributed by atoms with Crippen molar-refractivity contribution in [1.29, 1.82) is 0 Å². The van der Waals surface area contributed by atoms with Gasteiger partial charge in [0.15, 0.2) is 11.5 Å². The first kappa shape index (κ1) is 15.7. The quantitative estimate of drug-likeness (QED) is 0.858. The van der Waals surface area contributed by atoms with Gasteiger partial charge in [-0.3, -0.25) is 4.79 Å². The van der Waals surface area contributed by atoms with Crippen molar-refractivity contribution in [2.24, 2.45) is 0 Å². The van der Waals surface area contributed by atoms with Gasteiger partial charge in [0, 0.05) is 12.7 Å². The molecule has 0 saturated carbocycles. The first-order valence-electron chi connectivity index (χ1n) is 7.33. The molecule has 0 N–H and O–H groups in total. The molecule has 0 bridgehead atoms. The van der Waals surface area contributed by atoms with Crippen LogP contribution in [0.1, 0.15) is 17.0 Å². The summed E-state index contributed by atoms with van der Waals surface area (Å²) in [7, 11) is 4.93. The van der Waals surface area contributed by atoms with Gasteiger partial charge in [-0.2, -0.15) is 0 Å². The molecule has 0 aromatic heterocycles. The zero-order valence-corrected chi connectivity index (χ0v) is 14.1. The smallest absolute Gasteiger partial charge is 0.234 e. The summed E-state index contributed by atoms with van der Waals surface area (Å²) in [6.45, 7) is 0. The Bertz CT molecular complexity index is 760. The molecule has 5 heteroatoms. The number of nitrogens with zero attached hydrogens (tertiary/aromatic N) is 1. The predicted octanol–water partition coefficient (Wildman–Crippen LogP) is 3.66. The SMILES string of the molecule is COc1cc(C[C@H]2C(=O)N(C)c3ccccc32)cc(Cl)c1OC. The lowest BCUT2D eigenvalue weighted by molar-refractivity contribution is -0.119. The van der Waals surface area contributed by atoms with E-state index in [9.17, 15) is 4.79 Å². The fourth-order valence-corrected chi connectivity index (χ4v) is 3.41. The zero-order valence-electron chi connectivity index (χ0n) is 13.3. The summed E-state index contributed by atoms with van der Waals surface area (Å²) in [6, 6.07) is 11.6. The predicted molar refractivity (Wildman–Crippen MR) is 90.9 cm³/mol. The Morgan fingerprint density at radius 3 is 2.61 bits per heavy atom. The average Bonchev–Trinajstić information content (AvgIpc) is 2.80. The minimum absolute atomic E-state index is 0.0945. The fraction of sp³-hybridized carbons (Fsp3) is 0.278. The molecule has 1 aliphatic rings. The number of benzene rings is 2. The second kappa shape index (κ2) is 6.13. The van der Waals surface area contributed by atoms with Crippen LogP contribution >= 0.6 is 11.6 Å². The highest BCUT2D eigenvalue weighted by Crippen LogP contribution is 2.41. The number of carbonyl (C=O) groups excluding carboxylic acids is 1. The zero-order chi connectivity index (χ0) is 16.6. The number of amides is 1. The third-order valence-corrected chi connectivity index (χ3v) is 4.52. The van der Waals surface area contributed by atoms with Crippen LogP contribution in [0.3, 0.4) is 0 Å². The molecular weight excluding hydrogens is 314 g/mol. The summed E-state index contributed by atoms with van der Waals surface area (Å²) in [4.78, 5) is 14.3. The number of anilines is 1. The van der Waals surface area contributed by atoms with E-state index < -0.39 is 0 Å². The largest absolute Gasteiger partial charge is 0.493 e. The van der Waals surface area contributed by atoms with Gasteiger partial charge < -0.3 is 14.4 Å². The molecule has 4 nitrogen and oxygen atoms in total. The van der Waals surface area contributed by atoms with E-state index in [2.05, 4.69) is 0 Å². The average molecular weight is 332 g/mol. The van der Waals surface area contributed by atoms with E-state index in [-0.39, 0.29) is 11.8 Å². The van der Waals surface area contributed by atoms with Crippen molar-refractivity contribution in [3.8, 4) is 11.5 Å². The minimum Gasteiger partial charge on any atom is -0.493 e. The van der Waals surface area contributed by atoms with Gasteiger partial charge in [-0.15, -0.1) is 0 Å². The molecule has 23 heavy (non-hydrogen) atoms. The van der Waals surface area contributed by atoms with E-state index in [4.69, 9.17) is 21.1 Å². The highest BCUT2D eigenvalue weighted by molar-refractivity contribution is 6.32. The molecule has 1 atom stereocenters. The van der Waals surface area contributed by atoms with Crippen molar-refractivity contribution in [2.75, 3.05) is 26.2 Å². The maximum absolute atomic E-state index is 12.6. The molecule has 1 heterocycles. The van der Waals surface area contributed by atoms with Crippen LogP contribution < -0.4 is 14.4 Å². The van der Waals surface area contributed by atoms with Crippen LogP contribution in [0.25, 0.3) is 0 Å². The van der Waals surface area contributed by atoms with E-state index in [1.807, 2.05) is 43.4 Å². The van der Waals surface area contributed by atoms with Gasteiger partial charge >= 0.3 is 0 Å². The Kier molecular flexibility index (Phi) is 4.18. The molecule has 0 radical (unpaired) electrons. The van der Waals surface area contributed by atoms with Crippen LogP contribution in [0.5, 0.6) is 11.5 Å². The molecule has 0 unspecified atom stereocenters. The van der Waals surface area contributed by atoms with Gasteiger partial charge in [0.25, 0.3) is 0 Å². The summed E-state index contributed by atoms with van der Waals surface area (Å²) < 4.78 is 10.6. The lowest BCUT2D eigenvalue weighted by atomic mass is 9.93. The lowest BCUT2D eigenvalue weighted by Crippen LogP contribution is -2.24. The molecule has 0 fully saturated rings. The second-order valence-electron chi connectivity index (χ2n) is 5.53. The summed E-state index contributed by atoms with van der Waals surface area (Å²) in [5.41, 5.74) is 2.95. The van der Waals surface area contributed by atoms with Crippen molar-refractivity contribution in [3.05, 3.63) is 52.5 Å². The van der Waals surface area contributed by atoms with Gasteiger partial charge in [-0.05, 0) is 35.7 Å². The summed E-state index contributed by atoms with van der Waals surface area (Å²) in [5, 5.41) is 0.480. The number of methoxy groups -OCH3 is 2. The third kappa shape index (κ3) is 2.63. The number of halogens is 1. The maximum Gasteiger partial charge on any atom is 0.234 e. The highest BCUT2D eigenvalue weighted by atomic mass is 35.5. The molecule has 0 spiro atoms. The Morgan fingerprint density at radius 1 is 1.17 bits per heavy atom. The molecule has 0 aliphatic carbocycles. The van der Waals surface area contributed by atoms with E-state index >= 15 is 0 Å². The molecule has 0 saturated heterocycles. The highest BCUT2D eigenvalue weighted by Gasteiger charge is 2.34. The normalized spacial score (nSPS) is 16.4. The number of hydrogen-bond acceptors (Lipinski definition) is 3.